The van der Waals surface area contributed by atoms with E-state index in [1.165, 1.54) is 0 Å². The molecule has 94 valence electrons. The third-order valence-electron chi connectivity index (χ3n) is 1.81. The van der Waals surface area contributed by atoms with Gasteiger partial charge in [-0.1, -0.05) is 6.58 Å². The predicted molar refractivity (Wildman–Crippen MR) is 62.6 cm³/mol. The first-order valence-electron chi connectivity index (χ1n) is 5.29. The lowest BCUT2D eigenvalue weighted by molar-refractivity contribution is -0.141. The monoisotopic (exact) mass is 248 g/mol. The molecule has 16 heavy (non-hydrogen) atoms. The molecule has 0 rings (SSSR count). The van der Waals surface area contributed by atoms with E-state index in [2.05, 4.69) is 11.3 Å². The van der Waals surface area contributed by atoms with Crippen LogP contribution in [0.25, 0.3) is 0 Å². The SMILES string of the molecule is C=CC(=O)OC[C@H](O)COCCC[SiH](C)O. The molecule has 0 saturated heterocycles. The molecule has 5 nitrogen and oxygen atoms in total. The zero-order chi connectivity index (χ0) is 12.4. The fourth-order valence-corrected chi connectivity index (χ4v) is 1.74. The molecule has 0 aromatic heterocycles. The molecular formula is C10H20O5Si. The molecule has 0 aliphatic carbocycles. The smallest absolute Gasteiger partial charge is 0.330 e. The summed E-state index contributed by atoms with van der Waals surface area (Å²) in [6.45, 7) is 5.63. The first-order valence-corrected chi connectivity index (χ1v) is 7.78. The summed E-state index contributed by atoms with van der Waals surface area (Å²) >= 11 is 0. The Morgan fingerprint density at radius 2 is 2.25 bits per heavy atom. The van der Waals surface area contributed by atoms with Crippen LogP contribution in [0.5, 0.6) is 0 Å². The lowest BCUT2D eigenvalue weighted by Crippen LogP contribution is -2.23. The van der Waals surface area contributed by atoms with Gasteiger partial charge in [-0.3, -0.25) is 0 Å². The fourth-order valence-electron chi connectivity index (χ4n) is 0.986. The van der Waals surface area contributed by atoms with Crippen LogP contribution in [0.3, 0.4) is 0 Å². The number of esters is 1. The van der Waals surface area contributed by atoms with Crippen LogP contribution in [0.4, 0.5) is 0 Å². The minimum absolute atomic E-state index is 0.0873. The third kappa shape index (κ3) is 9.85. The van der Waals surface area contributed by atoms with Crippen LogP contribution in [0.2, 0.25) is 12.6 Å². The Hall–Kier alpha value is -0.693. The highest BCUT2D eigenvalue weighted by Crippen LogP contribution is 1.96. The quantitative estimate of drug-likeness (QED) is 0.256. The van der Waals surface area contributed by atoms with E-state index in [0.29, 0.717) is 6.61 Å². The van der Waals surface area contributed by atoms with E-state index >= 15 is 0 Å². The standard InChI is InChI=1S/C10H20O5Si/c1-3-10(12)15-8-9(11)7-14-5-4-6-16(2)13/h3,9,11,13,16H,1,4-8H2,2H3/t9-,16?/m1/s1. The van der Waals surface area contributed by atoms with Crippen molar-refractivity contribution in [1.29, 1.82) is 0 Å². The van der Waals surface area contributed by atoms with Crippen molar-refractivity contribution in [2.45, 2.75) is 25.1 Å². The zero-order valence-corrected chi connectivity index (χ0v) is 10.7. The minimum atomic E-state index is -1.49. The van der Waals surface area contributed by atoms with Gasteiger partial charge < -0.3 is 19.4 Å². The molecule has 0 fully saturated rings. The number of rotatable bonds is 9. The highest BCUT2D eigenvalue weighted by Gasteiger charge is 2.07. The van der Waals surface area contributed by atoms with Gasteiger partial charge in [0.15, 0.2) is 9.04 Å². The van der Waals surface area contributed by atoms with Crippen molar-refractivity contribution in [2.75, 3.05) is 19.8 Å². The summed E-state index contributed by atoms with van der Waals surface area (Å²) < 4.78 is 9.78. The fraction of sp³-hybridized carbons (Fsp3) is 0.700. The van der Waals surface area contributed by atoms with Gasteiger partial charge in [-0.25, -0.2) is 4.79 Å². The van der Waals surface area contributed by atoms with E-state index in [-0.39, 0.29) is 13.2 Å². The number of hydrogen-bond acceptors (Lipinski definition) is 5. The summed E-state index contributed by atoms with van der Waals surface area (Å²) in [6.07, 6.45) is 1.02. The number of hydrogen-bond donors (Lipinski definition) is 2. The molecule has 2 N–H and O–H groups in total. The van der Waals surface area contributed by atoms with E-state index in [0.717, 1.165) is 18.5 Å². The van der Waals surface area contributed by atoms with Crippen LogP contribution in [0.15, 0.2) is 12.7 Å². The summed E-state index contributed by atoms with van der Waals surface area (Å²) in [7, 11) is -1.49. The minimum Gasteiger partial charge on any atom is -0.460 e. The molecule has 0 amide bonds. The normalized spacial score (nSPS) is 14.2. The largest absolute Gasteiger partial charge is 0.460 e. The maximum absolute atomic E-state index is 10.7. The Kier molecular flexibility index (Phi) is 9.11. The number of ether oxygens (including phenoxy) is 2. The molecule has 0 aliphatic rings. The summed E-state index contributed by atoms with van der Waals surface area (Å²) in [5.74, 6) is -0.556. The van der Waals surface area contributed by atoms with E-state index in [1.807, 2.05) is 6.55 Å². The number of aliphatic hydroxyl groups excluding tert-OH is 1. The molecule has 0 aliphatic heterocycles. The number of carbonyl (C=O) groups excluding carboxylic acids is 1. The van der Waals surface area contributed by atoms with Gasteiger partial charge in [0.1, 0.15) is 12.7 Å². The van der Waals surface area contributed by atoms with Crippen LogP contribution in [0.1, 0.15) is 6.42 Å². The van der Waals surface area contributed by atoms with Crippen LogP contribution in [0, 0.1) is 0 Å². The zero-order valence-electron chi connectivity index (χ0n) is 9.59. The molecule has 2 atom stereocenters. The summed E-state index contributed by atoms with van der Waals surface area (Å²) in [6, 6.07) is 0.807. The molecular weight excluding hydrogens is 228 g/mol. The molecule has 0 bridgehead atoms. The van der Waals surface area contributed by atoms with Crippen molar-refractivity contribution in [2.24, 2.45) is 0 Å². The Morgan fingerprint density at radius 1 is 1.56 bits per heavy atom. The lowest BCUT2D eigenvalue weighted by Gasteiger charge is -2.11. The van der Waals surface area contributed by atoms with E-state index in [9.17, 15) is 9.90 Å². The lowest BCUT2D eigenvalue weighted by atomic mass is 10.4. The molecule has 0 radical (unpaired) electrons. The molecule has 1 unspecified atom stereocenters. The van der Waals surface area contributed by atoms with Gasteiger partial charge >= 0.3 is 5.97 Å². The van der Waals surface area contributed by atoms with Gasteiger partial charge in [0.05, 0.1) is 6.61 Å². The second kappa shape index (κ2) is 9.53. The van der Waals surface area contributed by atoms with Crippen molar-refractivity contribution >= 4 is 15.0 Å². The van der Waals surface area contributed by atoms with Gasteiger partial charge in [-0.05, 0) is 19.0 Å². The molecule has 0 saturated carbocycles. The van der Waals surface area contributed by atoms with Crippen LogP contribution < -0.4 is 0 Å². The highest BCUT2D eigenvalue weighted by molar-refractivity contribution is 6.48. The van der Waals surface area contributed by atoms with E-state index in [1.54, 1.807) is 0 Å². The summed E-state index contributed by atoms with van der Waals surface area (Å²) in [4.78, 5) is 19.8. The maximum atomic E-state index is 10.7. The molecule has 0 aromatic rings. The van der Waals surface area contributed by atoms with E-state index < -0.39 is 21.1 Å². The Balaban J connectivity index is 3.33. The number of aliphatic hydroxyl groups is 1. The molecule has 0 aromatic carbocycles. The van der Waals surface area contributed by atoms with Gasteiger partial charge in [-0.2, -0.15) is 0 Å². The molecule has 6 heteroatoms. The van der Waals surface area contributed by atoms with Crippen LogP contribution in [-0.2, 0) is 14.3 Å². The second-order valence-corrected chi connectivity index (χ2v) is 5.83. The van der Waals surface area contributed by atoms with Crippen molar-refractivity contribution in [3.05, 3.63) is 12.7 Å². The van der Waals surface area contributed by atoms with Gasteiger partial charge in [0.25, 0.3) is 0 Å². The van der Waals surface area contributed by atoms with E-state index in [4.69, 9.17) is 9.53 Å². The second-order valence-electron chi connectivity index (χ2n) is 3.55. The molecule has 0 heterocycles. The third-order valence-corrected chi connectivity index (χ3v) is 3.05. The van der Waals surface area contributed by atoms with Crippen molar-refractivity contribution in [3.8, 4) is 0 Å². The Labute approximate surface area is 97.4 Å². The van der Waals surface area contributed by atoms with Crippen molar-refractivity contribution in [3.63, 3.8) is 0 Å². The first-order chi connectivity index (χ1) is 7.56. The molecule has 0 spiro atoms. The average molecular weight is 248 g/mol. The average Bonchev–Trinajstić information content (AvgIpc) is 2.24. The maximum Gasteiger partial charge on any atom is 0.330 e. The summed E-state index contributed by atoms with van der Waals surface area (Å²) in [5, 5.41) is 9.32. The van der Waals surface area contributed by atoms with Crippen LogP contribution >= 0.6 is 0 Å². The Bertz CT molecular complexity index is 207. The predicted octanol–water partition coefficient (Wildman–Crippen LogP) is -0.171. The Morgan fingerprint density at radius 3 is 2.81 bits per heavy atom. The highest BCUT2D eigenvalue weighted by atomic mass is 28.3. The van der Waals surface area contributed by atoms with Crippen molar-refractivity contribution in [1.82, 2.24) is 0 Å². The number of carbonyl (C=O) groups is 1. The van der Waals surface area contributed by atoms with Gasteiger partial charge in [0, 0.05) is 12.7 Å². The van der Waals surface area contributed by atoms with Gasteiger partial charge in [0.2, 0.25) is 0 Å². The summed E-state index contributed by atoms with van der Waals surface area (Å²) in [5.41, 5.74) is 0. The van der Waals surface area contributed by atoms with Crippen LogP contribution in [-0.4, -0.2) is 50.8 Å². The topological polar surface area (TPSA) is 76.0 Å². The van der Waals surface area contributed by atoms with Gasteiger partial charge in [-0.15, -0.1) is 0 Å². The van der Waals surface area contributed by atoms with Crippen molar-refractivity contribution < 1.29 is 24.2 Å². The first kappa shape index (κ1) is 15.3.